The van der Waals surface area contributed by atoms with Crippen molar-refractivity contribution in [2.45, 2.75) is 58.3 Å². The molecule has 1 nitrogen and oxygen atoms in total. The minimum atomic E-state index is 0.820. The maximum atomic E-state index is 5.39. The molecule has 0 aromatic rings. The van der Waals surface area contributed by atoms with E-state index in [9.17, 15) is 0 Å². The van der Waals surface area contributed by atoms with Crippen LogP contribution in [0.25, 0.3) is 0 Å². The molecular formula is C12H25N. The molecule has 0 rings (SSSR count). The van der Waals surface area contributed by atoms with Crippen LogP contribution < -0.4 is 5.73 Å². The number of rotatable bonds is 9. The number of nitrogens with two attached hydrogens (primary N) is 1. The molecule has 0 bridgehead atoms. The minimum Gasteiger partial charge on any atom is -0.330 e. The Morgan fingerprint density at radius 3 is 2.08 bits per heavy atom. The first kappa shape index (κ1) is 12.7. The van der Waals surface area contributed by atoms with Gasteiger partial charge < -0.3 is 5.73 Å². The first-order chi connectivity index (χ1) is 6.41. The Kier molecular flexibility index (Phi) is 11.4. The molecule has 78 valence electrons. The van der Waals surface area contributed by atoms with E-state index >= 15 is 0 Å². The Bertz CT molecular complexity index is 108. The van der Waals surface area contributed by atoms with Gasteiger partial charge in [0, 0.05) is 0 Å². The van der Waals surface area contributed by atoms with E-state index in [4.69, 9.17) is 5.73 Å². The Morgan fingerprint density at radius 1 is 0.846 bits per heavy atom. The number of allylic oxidation sites excluding steroid dienone is 2. The van der Waals surface area contributed by atoms with Crippen molar-refractivity contribution in [1.29, 1.82) is 0 Å². The third-order valence-corrected chi connectivity index (χ3v) is 2.22. The first-order valence-corrected chi connectivity index (χ1v) is 5.77. The summed E-state index contributed by atoms with van der Waals surface area (Å²) in [5.74, 6) is 0. The number of unbranched alkanes of at least 4 members (excludes halogenated alkanes) is 6. The average molecular weight is 183 g/mol. The van der Waals surface area contributed by atoms with Crippen LogP contribution in [0.4, 0.5) is 0 Å². The van der Waals surface area contributed by atoms with Crippen molar-refractivity contribution in [2.75, 3.05) is 6.54 Å². The lowest BCUT2D eigenvalue weighted by molar-refractivity contribution is 0.637. The zero-order valence-corrected chi connectivity index (χ0v) is 9.10. The fourth-order valence-corrected chi connectivity index (χ4v) is 1.34. The van der Waals surface area contributed by atoms with Gasteiger partial charge in [0.05, 0.1) is 0 Å². The second-order valence-corrected chi connectivity index (χ2v) is 3.61. The Morgan fingerprint density at radius 2 is 1.46 bits per heavy atom. The van der Waals surface area contributed by atoms with E-state index in [0.717, 1.165) is 19.4 Å². The standard InChI is InChI=1S/C12H25N/c1-2-3-4-5-6-7-8-9-10-11-12-13/h8-9H,2-7,10-13H2,1H3. The van der Waals surface area contributed by atoms with Crippen LogP contribution in [0.3, 0.4) is 0 Å². The van der Waals surface area contributed by atoms with Gasteiger partial charge in [-0.1, -0.05) is 44.8 Å². The Balaban J connectivity index is 2.93. The minimum absolute atomic E-state index is 0.820. The molecule has 1 heteroatoms. The molecule has 0 radical (unpaired) electrons. The molecule has 0 saturated carbocycles. The normalized spacial score (nSPS) is 11.2. The highest BCUT2D eigenvalue weighted by molar-refractivity contribution is 4.81. The number of hydrogen-bond acceptors (Lipinski definition) is 1. The second kappa shape index (κ2) is 11.7. The highest BCUT2D eigenvalue weighted by Crippen LogP contribution is 2.05. The van der Waals surface area contributed by atoms with E-state index < -0.39 is 0 Å². The molecule has 0 aliphatic heterocycles. The third-order valence-electron chi connectivity index (χ3n) is 2.22. The lowest BCUT2D eigenvalue weighted by Crippen LogP contribution is -1.96. The molecule has 0 unspecified atom stereocenters. The van der Waals surface area contributed by atoms with Gasteiger partial charge in [0.2, 0.25) is 0 Å². The summed E-state index contributed by atoms with van der Waals surface area (Å²) < 4.78 is 0. The van der Waals surface area contributed by atoms with Crippen molar-refractivity contribution in [3.8, 4) is 0 Å². The molecule has 0 heterocycles. The lowest BCUT2D eigenvalue weighted by Gasteiger charge is -1.96. The zero-order chi connectivity index (χ0) is 9.78. The average Bonchev–Trinajstić information content (AvgIpc) is 2.16. The van der Waals surface area contributed by atoms with E-state index in [1.54, 1.807) is 0 Å². The smallest absolute Gasteiger partial charge is 0.00743 e. The Hall–Kier alpha value is -0.300. The van der Waals surface area contributed by atoms with Gasteiger partial charge in [-0.25, -0.2) is 0 Å². The molecule has 13 heavy (non-hydrogen) atoms. The number of hydrogen-bond donors (Lipinski definition) is 1. The van der Waals surface area contributed by atoms with Gasteiger partial charge in [0.15, 0.2) is 0 Å². The largest absolute Gasteiger partial charge is 0.330 e. The fourth-order valence-electron chi connectivity index (χ4n) is 1.34. The van der Waals surface area contributed by atoms with Crippen molar-refractivity contribution in [3.63, 3.8) is 0 Å². The van der Waals surface area contributed by atoms with Gasteiger partial charge in [-0.2, -0.15) is 0 Å². The topological polar surface area (TPSA) is 26.0 Å². The van der Waals surface area contributed by atoms with Gasteiger partial charge in [-0.3, -0.25) is 0 Å². The third kappa shape index (κ3) is 11.7. The van der Waals surface area contributed by atoms with Crippen LogP contribution in [0.2, 0.25) is 0 Å². The summed E-state index contributed by atoms with van der Waals surface area (Å²) in [4.78, 5) is 0. The SMILES string of the molecule is CCCCCCCC=CCCCN. The van der Waals surface area contributed by atoms with E-state index in [0.29, 0.717) is 0 Å². The van der Waals surface area contributed by atoms with Crippen LogP contribution in [0.1, 0.15) is 58.3 Å². The summed E-state index contributed by atoms with van der Waals surface area (Å²) in [6.07, 6.45) is 15.0. The van der Waals surface area contributed by atoms with Gasteiger partial charge in [0.1, 0.15) is 0 Å². The molecule has 0 aromatic heterocycles. The van der Waals surface area contributed by atoms with Gasteiger partial charge >= 0.3 is 0 Å². The molecule has 0 amide bonds. The van der Waals surface area contributed by atoms with Crippen molar-refractivity contribution in [2.24, 2.45) is 5.73 Å². The molecule has 0 fully saturated rings. The van der Waals surface area contributed by atoms with E-state index in [2.05, 4.69) is 19.1 Å². The Labute approximate surface area is 83.4 Å². The molecule has 0 saturated heterocycles. The maximum absolute atomic E-state index is 5.39. The zero-order valence-electron chi connectivity index (χ0n) is 9.10. The summed E-state index contributed by atoms with van der Waals surface area (Å²) in [7, 11) is 0. The van der Waals surface area contributed by atoms with Crippen molar-refractivity contribution in [1.82, 2.24) is 0 Å². The second-order valence-electron chi connectivity index (χ2n) is 3.61. The molecule has 0 atom stereocenters. The molecule has 0 aliphatic rings. The van der Waals surface area contributed by atoms with Crippen molar-refractivity contribution >= 4 is 0 Å². The maximum Gasteiger partial charge on any atom is -0.00743 e. The molecule has 0 spiro atoms. The summed E-state index contributed by atoms with van der Waals surface area (Å²) in [6, 6.07) is 0. The van der Waals surface area contributed by atoms with Gasteiger partial charge in [0.25, 0.3) is 0 Å². The van der Waals surface area contributed by atoms with Crippen LogP contribution >= 0.6 is 0 Å². The van der Waals surface area contributed by atoms with Crippen LogP contribution in [-0.2, 0) is 0 Å². The molecule has 0 aromatic carbocycles. The van der Waals surface area contributed by atoms with E-state index in [-0.39, 0.29) is 0 Å². The van der Waals surface area contributed by atoms with Crippen LogP contribution in [0.5, 0.6) is 0 Å². The van der Waals surface area contributed by atoms with Crippen molar-refractivity contribution < 1.29 is 0 Å². The summed E-state index contributed by atoms with van der Waals surface area (Å²) in [6.45, 7) is 3.08. The predicted molar refractivity (Wildman–Crippen MR) is 60.8 cm³/mol. The summed E-state index contributed by atoms with van der Waals surface area (Å²) in [5.41, 5.74) is 5.39. The highest BCUT2D eigenvalue weighted by Gasteiger charge is 1.86. The van der Waals surface area contributed by atoms with Gasteiger partial charge in [-0.15, -0.1) is 0 Å². The van der Waals surface area contributed by atoms with Gasteiger partial charge in [-0.05, 0) is 32.2 Å². The highest BCUT2D eigenvalue weighted by atomic mass is 14.5. The van der Waals surface area contributed by atoms with Crippen LogP contribution in [-0.4, -0.2) is 6.54 Å². The molecule has 2 N–H and O–H groups in total. The first-order valence-electron chi connectivity index (χ1n) is 5.77. The predicted octanol–water partition coefficient (Wildman–Crippen LogP) is 3.64. The summed E-state index contributed by atoms with van der Waals surface area (Å²) in [5, 5.41) is 0. The summed E-state index contributed by atoms with van der Waals surface area (Å²) >= 11 is 0. The molecular weight excluding hydrogens is 158 g/mol. The quantitative estimate of drug-likeness (QED) is 0.428. The fraction of sp³-hybridized carbons (Fsp3) is 0.833. The van der Waals surface area contributed by atoms with E-state index in [1.165, 1.54) is 38.5 Å². The van der Waals surface area contributed by atoms with Crippen LogP contribution in [0.15, 0.2) is 12.2 Å². The lowest BCUT2D eigenvalue weighted by atomic mass is 10.1. The van der Waals surface area contributed by atoms with Crippen molar-refractivity contribution in [3.05, 3.63) is 12.2 Å². The van der Waals surface area contributed by atoms with E-state index in [1.807, 2.05) is 0 Å². The molecule has 0 aliphatic carbocycles. The monoisotopic (exact) mass is 183 g/mol. The van der Waals surface area contributed by atoms with Crippen LogP contribution in [0, 0.1) is 0 Å².